The first-order valence-electron chi connectivity index (χ1n) is 8.18. The highest BCUT2D eigenvalue weighted by atomic mass is 16.5. The zero-order chi connectivity index (χ0) is 16.5. The van der Waals surface area contributed by atoms with Crippen LogP contribution in [-0.4, -0.2) is 45.0 Å². The van der Waals surface area contributed by atoms with Crippen LogP contribution in [0.15, 0.2) is 30.5 Å². The molecule has 0 amide bonds. The van der Waals surface area contributed by atoms with Crippen molar-refractivity contribution in [3.63, 3.8) is 0 Å². The molecule has 0 aromatic carbocycles. The summed E-state index contributed by atoms with van der Waals surface area (Å²) >= 11 is 0. The number of nitrogens with zero attached hydrogens (tertiary/aromatic N) is 6. The zero-order valence-corrected chi connectivity index (χ0v) is 13.9. The summed E-state index contributed by atoms with van der Waals surface area (Å²) in [5.41, 5.74) is 3.05. The zero-order valence-electron chi connectivity index (χ0n) is 13.9. The summed E-state index contributed by atoms with van der Waals surface area (Å²) < 4.78 is 7.03. The number of anilines is 1. The first-order valence-corrected chi connectivity index (χ1v) is 8.18. The molecule has 0 saturated carbocycles. The molecule has 0 spiro atoms. The highest BCUT2D eigenvalue weighted by Gasteiger charge is 2.25. The lowest BCUT2D eigenvalue weighted by molar-refractivity contribution is 0.387. The Labute approximate surface area is 140 Å². The highest BCUT2D eigenvalue weighted by Crippen LogP contribution is 2.29. The van der Waals surface area contributed by atoms with E-state index in [0.29, 0.717) is 11.8 Å². The summed E-state index contributed by atoms with van der Waals surface area (Å²) in [6.07, 6.45) is 3.93. The molecule has 3 aromatic heterocycles. The van der Waals surface area contributed by atoms with Gasteiger partial charge in [-0.2, -0.15) is 4.52 Å². The molecule has 1 aliphatic heterocycles. The Morgan fingerprint density at radius 1 is 1.12 bits per heavy atom. The van der Waals surface area contributed by atoms with Crippen molar-refractivity contribution in [3.05, 3.63) is 42.0 Å². The van der Waals surface area contributed by atoms with E-state index < -0.39 is 0 Å². The SMILES string of the molecule is COc1ccc2nnc(C3CCN(c4ccnc(C)c4)CC3)n2n1. The first kappa shape index (κ1) is 14.9. The number of rotatable bonds is 3. The van der Waals surface area contributed by atoms with E-state index in [4.69, 9.17) is 4.74 Å². The first-order chi connectivity index (χ1) is 11.7. The predicted molar refractivity (Wildman–Crippen MR) is 90.5 cm³/mol. The third-order valence-electron chi connectivity index (χ3n) is 4.58. The van der Waals surface area contributed by atoms with Crippen LogP contribution in [0.4, 0.5) is 5.69 Å². The van der Waals surface area contributed by atoms with Crippen LogP contribution < -0.4 is 9.64 Å². The van der Waals surface area contributed by atoms with Crippen molar-refractivity contribution in [2.45, 2.75) is 25.7 Å². The molecule has 124 valence electrons. The fourth-order valence-corrected chi connectivity index (χ4v) is 3.28. The molecule has 0 radical (unpaired) electrons. The predicted octanol–water partition coefficient (Wildman–Crippen LogP) is 2.22. The second-order valence-corrected chi connectivity index (χ2v) is 6.12. The minimum absolute atomic E-state index is 0.360. The molecular formula is C17H20N6O. The van der Waals surface area contributed by atoms with Crippen LogP contribution in [0.1, 0.15) is 30.3 Å². The Kier molecular flexibility index (Phi) is 3.76. The van der Waals surface area contributed by atoms with Crippen molar-refractivity contribution >= 4 is 11.3 Å². The third kappa shape index (κ3) is 2.66. The second kappa shape index (κ2) is 6.07. The number of ether oxygens (including phenoxy) is 1. The molecule has 1 fully saturated rings. The van der Waals surface area contributed by atoms with Crippen molar-refractivity contribution in [1.29, 1.82) is 0 Å². The third-order valence-corrected chi connectivity index (χ3v) is 4.58. The number of hydrogen-bond acceptors (Lipinski definition) is 6. The Bertz CT molecular complexity index is 853. The number of pyridine rings is 1. The largest absolute Gasteiger partial charge is 0.480 e. The fraction of sp³-hybridized carbons (Fsp3) is 0.412. The molecule has 0 bridgehead atoms. The Balaban J connectivity index is 1.53. The van der Waals surface area contributed by atoms with Gasteiger partial charge in [0.05, 0.1) is 7.11 Å². The standard InChI is InChI=1S/C17H20N6O/c1-12-11-14(5-8-18-12)22-9-6-13(7-10-22)17-20-19-15-3-4-16(24-2)21-23(15)17/h3-5,8,11,13H,6-7,9-10H2,1-2H3. The van der Waals surface area contributed by atoms with E-state index in [2.05, 4.69) is 37.3 Å². The molecule has 0 aliphatic carbocycles. The normalized spacial score (nSPS) is 15.8. The van der Waals surface area contributed by atoms with Gasteiger partial charge < -0.3 is 9.64 Å². The smallest absolute Gasteiger partial charge is 0.231 e. The van der Waals surface area contributed by atoms with Crippen LogP contribution in [-0.2, 0) is 0 Å². The molecule has 24 heavy (non-hydrogen) atoms. The molecule has 4 heterocycles. The molecule has 4 rings (SSSR count). The summed E-state index contributed by atoms with van der Waals surface area (Å²) in [6.45, 7) is 4.01. The molecule has 0 N–H and O–H groups in total. The van der Waals surface area contributed by atoms with Crippen LogP contribution in [0.5, 0.6) is 5.88 Å². The summed E-state index contributed by atoms with van der Waals surface area (Å²) in [5, 5.41) is 13.1. The van der Waals surface area contributed by atoms with Gasteiger partial charge in [0.1, 0.15) is 0 Å². The van der Waals surface area contributed by atoms with Gasteiger partial charge in [0, 0.05) is 42.7 Å². The van der Waals surface area contributed by atoms with E-state index in [0.717, 1.165) is 43.1 Å². The molecule has 7 heteroatoms. The maximum Gasteiger partial charge on any atom is 0.231 e. The van der Waals surface area contributed by atoms with E-state index in [1.165, 1.54) is 5.69 Å². The second-order valence-electron chi connectivity index (χ2n) is 6.12. The molecular weight excluding hydrogens is 304 g/mol. The molecule has 0 unspecified atom stereocenters. The highest BCUT2D eigenvalue weighted by molar-refractivity contribution is 5.47. The van der Waals surface area contributed by atoms with Crippen LogP contribution in [0.25, 0.3) is 5.65 Å². The molecule has 3 aromatic rings. The van der Waals surface area contributed by atoms with Crippen molar-refractivity contribution < 1.29 is 4.74 Å². The lowest BCUT2D eigenvalue weighted by atomic mass is 9.96. The summed E-state index contributed by atoms with van der Waals surface area (Å²) in [5.74, 6) is 1.86. The minimum atomic E-state index is 0.360. The van der Waals surface area contributed by atoms with Gasteiger partial charge in [-0.15, -0.1) is 15.3 Å². The Morgan fingerprint density at radius 2 is 1.96 bits per heavy atom. The lowest BCUT2D eigenvalue weighted by Crippen LogP contribution is -2.33. The fourth-order valence-electron chi connectivity index (χ4n) is 3.28. The average molecular weight is 324 g/mol. The molecule has 7 nitrogen and oxygen atoms in total. The van der Waals surface area contributed by atoms with Gasteiger partial charge in [0.15, 0.2) is 11.5 Å². The monoisotopic (exact) mass is 324 g/mol. The van der Waals surface area contributed by atoms with Crippen LogP contribution in [0, 0.1) is 6.92 Å². The Morgan fingerprint density at radius 3 is 2.71 bits per heavy atom. The average Bonchev–Trinajstić information content (AvgIpc) is 3.05. The van der Waals surface area contributed by atoms with Crippen molar-refractivity contribution in [1.82, 2.24) is 24.8 Å². The van der Waals surface area contributed by atoms with Crippen LogP contribution >= 0.6 is 0 Å². The number of hydrogen-bond donors (Lipinski definition) is 0. The number of aryl methyl sites for hydroxylation is 1. The van der Waals surface area contributed by atoms with Gasteiger partial charge in [-0.3, -0.25) is 4.98 Å². The van der Waals surface area contributed by atoms with Crippen LogP contribution in [0.3, 0.4) is 0 Å². The van der Waals surface area contributed by atoms with E-state index in [-0.39, 0.29) is 0 Å². The van der Waals surface area contributed by atoms with E-state index in [1.54, 1.807) is 7.11 Å². The molecule has 0 atom stereocenters. The number of fused-ring (bicyclic) bond motifs is 1. The maximum absolute atomic E-state index is 5.22. The van der Waals surface area contributed by atoms with Gasteiger partial charge in [-0.1, -0.05) is 0 Å². The van der Waals surface area contributed by atoms with Gasteiger partial charge in [-0.05, 0) is 38.0 Å². The summed E-state index contributed by atoms with van der Waals surface area (Å²) in [6, 6.07) is 7.91. The number of aromatic nitrogens is 5. The Hall–Kier alpha value is -2.70. The minimum Gasteiger partial charge on any atom is -0.480 e. The molecule has 1 aliphatic rings. The van der Waals surface area contributed by atoms with Crippen molar-refractivity contribution in [2.75, 3.05) is 25.1 Å². The topological polar surface area (TPSA) is 68.4 Å². The summed E-state index contributed by atoms with van der Waals surface area (Å²) in [7, 11) is 1.62. The maximum atomic E-state index is 5.22. The van der Waals surface area contributed by atoms with Crippen molar-refractivity contribution in [3.8, 4) is 5.88 Å². The van der Waals surface area contributed by atoms with Gasteiger partial charge in [0.25, 0.3) is 0 Å². The number of piperidine rings is 1. The van der Waals surface area contributed by atoms with Crippen molar-refractivity contribution in [2.24, 2.45) is 0 Å². The van der Waals surface area contributed by atoms with E-state index >= 15 is 0 Å². The van der Waals surface area contributed by atoms with E-state index in [9.17, 15) is 0 Å². The van der Waals surface area contributed by atoms with Gasteiger partial charge in [-0.25, -0.2) is 0 Å². The van der Waals surface area contributed by atoms with Crippen LogP contribution in [0.2, 0.25) is 0 Å². The lowest BCUT2D eigenvalue weighted by Gasteiger charge is -2.32. The summed E-state index contributed by atoms with van der Waals surface area (Å²) in [4.78, 5) is 6.68. The number of methoxy groups -OCH3 is 1. The molecule has 1 saturated heterocycles. The quantitative estimate of drug-likeness (QED) is 0.736. The van der Waals surface area contributed by atoms with Gasteiger partial charge >= 0.3 is 0 Å². The van der Waals surface area contributed by atoms with E-state index in [1.807, 2.05) is 29.8 Å². The van der Waals surface area contributed by atoms with Gasteiger partial charge in [0.2, 0.25) is 5.88 Å².